The van der Waals surface area contributed by atoms with E-state index in [-0.39, 0.29) is 5.15 Å². The van der Waals surface area contributed by atoms with Crippen molar-refractivity contribution in [2.75, 3.05) is 25.1 Å². The van der Waals surface area contributed by atoms with Gasteiger partial charge in [-0.15, -0.1) is 10.2 Å². The van der Waals surface area contributed by atoms with E-state index in [1.807, 2.05) is 0 Å². The standard InChI is InChI=1S/C9H11ClN6O/c10-8-3-7(13-16-11)9(15-14-8)12-4-6-1-2-17-5-6/h3,6H,1-2,4-5H2,(H,12,15). The molecule has 90 valence electrons. The van der Waals surface area contributed by atoms with Gasteiger partial charge in [-0.2, -0.15) is 0 Å². The highest BCUT2D eigenvalue weighted by molar-refractivity contribution is 6.29. The molecule has 1 aromatic heterocycles. The Labute approximate surface area is 103 Å². The number of nitrogens with one attached hydrogen (secondary N) is 1. The van der Waals surface area contributed by atoms with E-state index in [9.17, 15) is 0 Å². The van der Waals surface area contributed by atoms with Crippen molar-refractivity contribution in [1.29, 1.82) is 0 Å². The number of hydrogen-bond acceptors (Lipinski definition) is 5. The largest absolute Gasteiger partial charge is 0.381 e. The average molecular weight is 255 g/mol. The average Bonchev–Trinajstić information content (AvgIpc) is 2.81. The SMILES string of the molecule is [N-]=[N+]=Nc1cc(Cl)nnc1NCC1CCOC1. The summed E-state index contributed by atoms with van der Waals surface area (Å²) >= 11 is 5.68. The van der Waals surface area contributed by atoms with Crippen LogP contribution in [0.15, 0.2) is 11.2 Å². The topological polar surface area (TPSA) is 95.8 Å². The fraction of sp³-hybridized carbons (Fsp3) is 0.556. The van der Waals surface area contributed by atoms with E-state index in [2.05, 4.69) is 25.5 Å². The number of rotatable bonds is 4. The first-order chi connectivity index (χ1) is 8.29. The van der Waals surface area contributed by atoms with E-state index in [1.165, 1.54) is 6.07 Å². The highest BCUT2D eigenvalue weighted by Crippen LogP contribution is 2.25. The molecule has 0 bridgehead atoms. The minimum atomic E-state index is 0.196. The summed E-state index contributed by atoms with van der Waals surface area (Å²) in [5.74, 6) is 0.894. The molecular formula is C9H11ClN6O. The Kier molecular flexibility index (Phi) is 3.98. The van der Waals surface area contributed by atoms with Gasteiger partial charge in [-0.1, -0.05) is 16.7 Å². The second-order valence-electron chi connectivity index (χ2n) is 3.70. The van der Waals surface area contributed by atoms with Crippen LogP contribution in [0.1, 0.15) is 6.42 Å². The maximum atomic E-state index is 8.43. The normalized spacial score (nSPS) is 18.8. The number of azide groups is 1. The first kappa shape index (κ1) is 11.9. The zero-order valence-electron chi connectivity index (χ0n) is 9.01. The molecule has 2 heterocycles. The number of halogens is 1. The van der Waals surface area contributed by atoms with Crippen molar-refractivity contribution in [2.24, 2.45) is 11.0 Å². The lowest BCUT2D eigenvalue weighted by molar-refractivity contribution is 0.187. The minimum absolute atomic E-state index is 0.196. The van der Waals surface area contributed by atoms with Crippen LogP contribution in [-0.2, 0) is 4.74 Å². The molecule has 17 heavy (non-hydrogen) atoms. The van der Waals surface area contributed by atoms with Gasteiger partial charge in [0.05, 0.1) is 12.3 Å². The van der Waals surface area contributed by atoms with Crippen molar-refractivity contribution < 1.29 is 4.74 Å². The molecule has 0 aromatic carbocycles. The lowest BCUT2D eigenvalue weighted by atomic mass is 10.1. The van der Waals surface area contributed by atoms with Crippen LogP contribution in [0, 0.1) is 5.92 Å². The van der Waals surface area contributed by atoms with Gasteiger partial charge in [0.1, 0.15) is 0 Å². The number of nitrogens with zero attached hydrogens (tertiary/aromatic N) is 5. The van der Waals surface area contributed by atoms with Gasteiger partial charge in [0, 0.05) is 24.0 Å². The van der Waals surface area contributed by atoms with Crippen molar-refractivity contribution in [3.8, 4) is 0 Å². The monoisotopic (exact) mass is 254 g/mol. The lowest BCUT2D eigenvalue weighted by Crippen LogP contribution is -2.15. The van der Waals surface area contributed by atoms with Crippen LogP contribution in [0.4, 0.5) is 11.5 Å². The van der Waals surface area contributed by atoms with Crippen molar-refractivity contribution in [1.82, 2.24) is 10.2 Å². The minimum Gasteiger partial charge on any atom is -0.381 e. The Bertz CT molecular complexity index is 441. The highest BCUT2D eigenvalue weighted by atomic mass is 35.5. The number of anilines is 1. The van der Waals surface area contributed by atoms with Crippen LogP contribution in [0.2, 0.25) is 5.15 Å². The van der Waals surface area contributed by atoms with Gasteiger partial charge in [0.25, 0.3) is 0 Å². The van der Waals surface area contributed by atoms with Gasteiger partial charge in [-0.05, 0) is 18.0 Å². The van der Waals surface area contributed by atoms with Gasteiger partial charge < -0.3 is 10.1 Å². The van der Waals surface area contributed by atoms with Crippen molar-refractivity contribution in [3.63, 3.8) is 0 Å². The third kappa shape index (κ3) is 3.20. The fourth-order valence-electron chi connectivity index (χ4n) is 1.59. The summed E-state index contributed by atoms with van der Waals surface area (Å²) in [7, 11) is 0. The highest BCUT2D eigenvalue weighted by Gasteiger charge is 2.16. The van der Waals surface area contributed by atoms with Crippen LogP contribution in [0.3, 0.4) is 0 Å². The fourth-order valence-corrected chi connectivity index (χ4v) is 1.74. The molecule has 1 N–H and O–H groups in total. The van der Waals surface area contributed by atoms with Gasteiger partial charge >= 0.3 is 0 Å². The molecule has 0 spiro atoms. The molecule has 1 unspecified atom stereocenters. The summed E-state index contributed by atoms with van der Waals surface area (Å²) in [5.41, 5.74) is 8.79. The number of aromatic nitrogens is 2. The number of hydrogen-bond donors (Lipinski definition) is 1. The summed E-state index contributed by atoms with van der Waals surface area (Å²) in [6, 6.07) is 1.47. The second kappa shape index (κ2) is 5.67. The lowest BCUT2D eigenvalue weighted by Gasteiger charge is -2.10. The third-order valence-electron chi connectivity index (χ3n) is 2.48. The van der Waals surface area contributed by atoms with Gasteiger partial charge in [0.15, 0.2) is 11.0 Å². The molecule has 8 heteroatoms. The first-order valence-electron chi connectivity index (χ1n) is 5.19. The van der Waals surface area contributed by atoms with E-state index in [0.29, 0.717) is 24.0 Å². The van der Waals surface area contributed by atoms with Crippen LogP contribution in [-0.4, -0.2) is 30.0 Å². The molecular weight excluding hydrogens is 244 g/mol. The Morgan fingerprint density at radius 1 is 1.65 bits per heavy atom. The van der Waals surface area contributed by atoms with Crippen molar-refractivity contribution in [3.05, 3.63) is 21.7 Å². The third-order valence-corrected chi connectivity index (χ3v) is 2.66. The Morgan fingerprint density at radius 3 is 3.24 bits per heavy atom. The molecule has 7 nitrogen and oxygen atoms in total. The summed E-state index contributed by atoms with van der Waals surface area (Å²) < 4.78 is 5.26. The molecule has 1 saturated heterocycles. The van der Waals surface area contributed by atoms with Gasteiger partial charge in [-0.25, -0.2) is 0 Å². The molecule has 0 aliphatic carbocycles. The smallest absolute Gasteiger partial charge is 0.158 e. The van der Waals surface area contributed by atoms with Crippen LogP contribution >= 0.6 is 11.6 Å². The summed E-state index contributed by atoms with van der Waals surface area (Å²) in [5, 5.41) is 14.4. The van der Waals surface area contributed by atoms with E-state index in [4.69, 9.17) is 21.9 Å². The van der Waals surface area contributed by atoms with Crippen LogP contribution < -0.4 is 5.32 Å². The van der Waals surface area contributed by atoms with Crippen molar-refractivity contribution >= 4 is 23.1 Å². The number of ether oxygens (including phenoxy) is 1. The van der Waals surface area contributed by atoms with E-state index in [1.54, 1.807) is 0 Å². The predicted octanol–water partition coefficient (Wildman–Crippen LogP) is 2.52. The van der Waals surface area contributed by atoms with Gasteiger partial charge in [0.2, 0.25) is 0 Å². The maximum Gasteiger partial charge on any atom is 0.158 e. The Balaban J connectivity index is 2.05. The molecule has 1 aliphatic rings. The first-order valence-corrected chi connectivity index (χ1v) is 5.57. The van der Waals surface area contributed by atoms with Crippen LogP contribution in [0.25, 0.3) is 10.4 Å². The summed E-state index contributed by atoms with van der Waals surface area (Å²) in [4.78, 5) is 2.72. The quantitative estimate of drug-likeness (QED) is 0.507. The van der Waals surface area contributed by atoms with E-state index < -0.39 is 0 Å². The summed E-state index contributed by atoms with van der Waals surface area (Å²) in [6.45, 7) is 2.25. The molecule has 0 amide bonds. The molecule has 1 fully saturated rings. The second-order valence-corrected chi connectivity index (χ2v) is 4.09. The molecule has 1 aliphatic heterocycles. The Hall–Kier alpha value is -1.56. The molecule has 1 atom stereocenters. The Morgan fingerprint density at radius 2 is 2.53 bits per heavy atom. The van der Waals surface area contributed by atoms with E-state index >= 15 is 0 Å². The molecule has 2 rings (SSSR count). The zero-order valence-corrected chi connectivity index (χ0v) is 9.76. The van der Waals surface area contributed by atoms with Gasteiger partial charge in [-0.3, -0.25) is 0 Å². The van der Waals surface area contributed by atoms with Crippen LogP contribution in [0.5, 0.6) is 0 Å². The predicted molar refractivity (Wildman–Crippen MR) is 63.3 cm³/mol. The molecule has 0 saturated carbocycles. The van der Waals surface area contributed by atoms with E-state index in [0.717, 1.165) is 19.6 Å². The molecule has 0 radical (unpaired) electrons. The maximum absolute atomic E-state index is 8.43. The zero-order chi connectivity index (χ0) is 12.1. The summed E-state index contributed by atoms with van der Waals surface area (Å²) in [6.07, 6.45) is 1.02. The van der Waals surface area contributed by atoms with Crippen molar-refractivity contribution in [2.45, 2.75) is 6.42 Å². The molecule has 1 aromatic rings.